The van der Waals surface area contributed by atoms with Crippen LogP contribution in [0.3, 0.4) is 0 Å². The van der Waals surface area contributed by atoms with Crippen molar-refractivity contribution in [1.82, 2.24) is 0 Å². The molecule has 0 heterocycles. The van der Waals surface area contributed by atoms with Crippen LogP contribution in [0.5, 0.6) is 0 Å². The van der Waals surface area contributed by atoms with Gasteiger partial charge in [-0.05, 0) is 30.5 Å². The Morgan fingerprint density at radius 2 is 1.81 bits per heavy atom. The lowest BCUT2D eigenvalue weighted by atomic mass is 10.1. The van der Waals surface area contributed by atoms with Crippen molar-refractivity contribution >= 4 is 46.9 Å². The molecule has 6 heteroatoms. The SMILES string of the molecule is CSOC(=O)CCCc1ccc(N(CCCl)CCCl)cc1. The van der Waals surface area contributed by atoms with Gasteiger partial charge >= 0.3 is 5.97 Å². The summed E-state index contributed by atoms with van der Waals surface area (Å²) in [6.45, 7) is 1.57. The van der Waals surface area contributed by atoms with E-state index in [9.17, 15) is 4.79 Å². The number of hydrogen-bond acceptors (Lipinski definition) is 4. The lowest BCUT2D eigenvalue weighted by Gasteiger charge is -2.23. The Balaban J connectivity index is 2.47. The highest BCUT2D eigenvalue weighted by molar-refractivity contribution is 7.94. The van der Waals surface area contributed by atoms with Gasteiger partial charge in [0.15, 0.2) is 0 Å². The molecule has 0 aliphatic carbocycles. The molecular formula is C15H21Cl2NO2S. The van der Waals surface area contributed by atoms with Crippen molar-refractivity contribution < 1.29 is 8.98 Å². The van der Waals surface area contributed by atoms with E-state index >= 15 is 0 Å². The third kappa shape index (κ3) is 7.30. The molecular weight excluding hydrogens is 329 g/mol. The minimum atomic E-state index is -0.158. The van der Waals surface area contributed by atoms with Gasteiger partial charge in [0.25, 0.3) is 0 Å². The zero-order chi connectivity index (χ0) is 15.5. The molecule has 0 fully saturated rings. The average molecular weight is 350 g/mol. The molecule has 118 valence electrons. The number of hydrogen-bond donors (Lipinski definition) is 0. The maximum absolute atomic E-state index is 11.2. The number of nitrogens with zero attached hydrogens (tertiary/aromatic N) is 1. The summed E-state index contributed by atoms with van der Waals surface area (Å²) in [5.74, 6) is 1.00. The summed E-state index contributed by atoms with van der Waals surface area (Å²) in [5.41, 5.74) is 2.34. The lowest BCUT2D eigenvalue weighted by Crippen LogP contribution is -2.27. The van der Waals surface area contributed by atoms with E-state index in [1.165, 1.54) is 5.56 Å². The maximum atomic E-state index is 11.2. The Kier molecular flexibility index (Phi) is 9.72. The molecule has 0 aromatic heterocycles. The van der Waals surface area contributed by atoms with Crippen LogP contribution in [0, 0.1) is 0 Å². The van der Waals surface area contributed by atoms with Gasteiger partial charge in [0, 0.05) is 43.2 Å². The predicted molar refractivity (Wildman–Crippen MR) is 92.6 cm³/mol. The Morgan fingerprint density at radius 1 is 1.19 bits per heavy atom. The number of carbonyl (C=O) groups excluding carboxylic acids is 1. The number of aryl methyl sites for hydroxylation is 1. The Hall–Kier alpha value is -0.580. The first-order chi connectivity index (χ1) is 10.2. The molecule has 21 heavy (non-hydrogen) atoms. The number of halogens is 2. The lowest BCUT2D eigenvalue weighted by molar-refractivity contribution is -0.133. The monoisotopic (exact) mass is 349 g/mol. The summed E-state index contributed by atoms with van der Waals surface area (Å²) >= 11 is 12.7. The smallest absolute Gasteiger partial charge is 0.317 e. The van der Waals surface area contributed by atoms with Crippen molar-refractivity contribution in [2.75, 3.05) is 36.0 Å². The van der Waals surface area contributed by atoms with Gasteiger partial charge in [-0.25, -0.2) is 0 Å². The van der Waals surface area contributed by atoms with Crippen LogP contribution in [-0.4, -0.2) is 37.1 Å². The number of benzene rings is 1. The van der Waals surface area contributed by atoms with Gasteiger partial charge in [-0.2, -0.15) is 0 Å². The van der Waals surface area contributed by atoms with Crippen LogP contribution in [0.25, 0.3) is 0 Å². The van der Waals surface area contributed by atoms with E-state index < -0.39 is 0 Å². The highest BCUT2D eigenvalue weighted by Crippen LogP contribution is 2.17. The molecule has 0 radical (unpaired) electrons. The molecule has 0 atom stereocenters. The van der Waals surface area contributed by atoms with E-state index in [2.05, 4.69) is 29.2 Å². The molecule has 3 nitrogen and oxygen atoms in total. The maximum Gasteiger partial charge on any atom is 0.317 e. The largest absolute Gasteiger partial charge is 0.392 e. The van der Waals surface area contributed by atoms with E-state index in [0.29, 0.717) is 18.2 Å². The molecule has 0 bridgehead atoms. The van der Waals surface area contributed by atoms with Crippen molar-refractivity contribution in [3.05, 3.63) is 29.8 Å². The van der Waals surface area contributed by atoms with E-state index in [1.54, 1.807) is 6.26 Å². The van der Waals surface area contributed by atoms with Crippen LogP contribution in [0.1, 0.15) is 18.4 Å². The Labute approximate surface area is 141 Å². The number of rotatable bonds is 10. The van der Waals surface area contributed by atoms with Gasteiger partial charge in [-0.1, -0.05) is 12.1 Å². The summed E-state index contributed by atoms with van der Waals surface area (Å²) in [4.78, 5) is 13.4. The summed E-state index contributed by atoms with van der Waals surface area (Å²) in [7, 11) is 0. The van der Waals surface area contributed by atoms with E-state index in [-0.39, 0.29) is 5.97 Å². The number of alkyl halides is 2. The van der Waals surface area contributed by atoms with Crippen molar-refractivity contribution in [2.24, 2.45) is 0 Å². The fourth-order valence-corrected chi connectivity index (χ4v) is 2.70. The first-order valence-electron chi connectivity index (χ1n) is 6.90. The molecule has 1 aromatic rings. The molecule has 0 saturated heterocycles. The second-order valence-electron chi connectivity index (χ2n) is 4.51. The fourth-order valence-electron chi connectivity index (χ4n) is 2.02. The van der Waals surface area contributed by atoms with Gasteiger partial charge in [0.2, 0.25) is 0 Å². The Bertz CT molecular complexity index is 409. The van der Waals surface area contributed by atoms with Crippen LogP contribution < -0.4 is 4.90 Å². The molecule has 0 aliphatic heterocycles. The van der Waals surface area contributed by atoms with E-state index in [4.69, 9.17) is 27.4 Å². The summed E-state index contributed by atoms with van der Waals surface area (Å²) in [6, 6.07) is 8.33. The minimum absolute atomic E-state index is 0.158. The first kappa shape index (κ1) is 18.5. The van der Waals surface area contributed by atoms with E-state index in [1.807, 2.05) is 0 Å². The molecule has 0 N–H and O–H groups in total. The number of anilines is 1. The van der Waals surface area contributed by atoms with Crippen molar-refractivity contribution in [1.29, 1.82) is 0 Å². The first-order valence-corrected chi connectivity index (χ1v) is 9.12. The molecule has 1 aromatic carbocycles. The molecule has 1 rings (SSSR count). The molecule has 0 spiro atoms. The number of carbonyl (C=O) groups is 1. The van der Waals surface area contributed by atoms with E-state index in [0.717, 1.165) is 43.7 Å². The van der Waals surface area contributed by atoms with Crippen LogP contribution in [-0.2, 0) is 15.4 Å². The zero-order valence-corrected chi connectivity index (χ0v) is 14.5. The predicted octanol–water partition coefficient (Wildman–Crippen LogP) is 4.11. The quantitative estimate of drug-likeness (QED) is 0.469. The van der Waals surface area contributed by atoms with Gasteiger partial charge in [-0.15, -0.1) is 23.2 Å². The summed E-state index contributed by atoms with van der Waals surface area (Å²) in [5, 5.41) is 0. The van der Waals surface area contributed by atoms with Gasteiger partial charge in [0.1, 0.15) is 0 Å². The summed E-state index contributed by atoms with van der Waals surface area (Å²) < 4.78 is 4.83. The van der Waals surface area contributed by atoms with Crippen LogP contribution in [0.15, 0.2) is 24.3 Å². The average Bonchev–Trinajstić information content (AvgIpc) is 2.48. The minimum Gasteiger partial charge on any atom is -0.392 e. The zero-order valence-electron chi connectivity index (χ0n) is 12.2. The topological polar surface area (TPSA) is 29.5 Å². The van der Waals surface area contributed by atoms with Crippen LogP contribution >= 0.6 is 35.2 Å². The summed E-state index contributed by atoms with van der Waals surface area (Å²) in [6.07, 6.45) is 3.86. The second kappa shape index (κ2) is 11.0. The van der Waals surface area contributed by atoms with Gasteiger partial charge in [-0.3, -0.25) is 4.79 Å². The molecule has 0 amide bonds. The third-order valence-corrected chi connectivity index (χ3v) is 3.72. The van der Waals surface area contributed by atoms with Crippen LogP contribution in [0.2, 0.25) is 0 Å². The van der Waals surface area contributed by atoms with Crippen molar-refractivity contribution in [3.8, 4) is 0 Å². The fraction of sp³-hybridized carbons (Fsp3) is 0.533. The van der Waals surface area contributed by atoms with Crippen LogP contribution in [0.4, 0.5) is 5.69 Å². The normalized spacial score (nSPS) is 10.4. The van der Waals surface area contributed by atoms with Crippen molar-refractivity contribution in [2.45, 2.75) is 19.3 Å². The molecule has 0 saturated carbocycles. The Morgan fingerprint density at radius 3 is 2.33 bits per heavy atom. The standard InChI is InChI=1S/C15H21Cl2NO2S/c1-21-20-15(19)4-2-3-13-5-7-14(8-6-13)18(11-9-16)12-10-17/h5-8H,2-4,9-12H2,1H3. The molecule has 0 unspecified atom stereocenters. The highest BCUT2D eigenvalue weighted by Gasteiger charge is 2.06. The van der Waals surface area contributed by atoms with Gasteiger partial charge in [0.05, 0.1) is 12.0 Å². The highest BCUT2D eigenvalue weighted by atomic mass is 35.5. The van der Waals surface area contributed by atoms with Gasteiger partial charge < -0.3 is 9.08 Å². The second-order valence-corrected chi connectivity index (χ2v) is 5.76. The van der Waals surface area contributed by atoms with Crippen molar-refractivity contribution in [3.63, 3.8) is 0 Å². The molecule has 0 aliphatic rings. The third-order valence-electron chi connectivity index (χ3n) is 3.03.